The van der Waals surface area contributed by atoms with Crippen molar-refractivity contribution in [2.75, 3.05) is 33.4 Å². The number of methoxy groups -OCH3 is 1. The highest BCUT2D eigenvalue weighted by atomic mass is 16.6. The molecule has 2 aliphatic rings. The summed E-state index contributed by atoms with van der Waals surface area (Å²) in [4.78, 5) is 18.2. The molecule has 0 unspecified atom stereocenters. The molecule has 1 aromatic heterocycles. The van der Waals surface area contributed by atoms with E-state index in [9.17, 15) is 15.0 Å². The zero-order valence-electron chi connectivity index (χ0n) is 24.1. The van der Waals surface area contributed by atoms with E-state index in [0.29, 0.717) is 44.6 Å². The monoisotopic (exact) mass is 565 g/mol. The molecule has 1 aliphatic heterocycles. The summed E-state index contributed by atoms with van der Waals surface area (Å²) in [5.41, 5.74) is 1.28. The lowest BCUT2D eigenvalue weighted by Crippen LogP contribution is -2.47. The van der Waals surface area contributed by atoms with E-state index in [1.807, 2.05) is 42.5 Å². The van der Waals surface area contributed by atoms with Gasteiger partial charge in [-0.2, -0.15) is 0 Å². The fourth-order valence-electron chi connectivity index (χ4n) is 5.99. The molecular formula is C32H43N3O6. The first-order valence-corrected chi connectivity index (χ1v) is 14.8. The minimum atomic E-state index is -0.706. The predicted octanol–water partition coefficient (Wildman–Crippen LogP) is 4.65. The number of H-pyrrole nitrogens is 1. The van der Waals surface area contributed by atoms with E-state index in [0.717, 1.165) is 60.4 Å². The fraction of sp³-hybridized carbons (Fsp3) is 0.531. The molecule has 2 atom stereocenters. The topological polar surface area (TPSA) is 116 Å². The number of piperidine rings is 1. The van der Waals surface area contributed by atoms with Crippen molar-refractivity contribution < 1.29 is 29.2 Å². The molecule has 2 aromatic carbocycles. The summed E-state index contributed by atoms with van der Waals surface area (Å²) >= 11 is 0. The van der Waals surface area contributed by atoms with Crippen LogP contribution in [0.1, 0.15) is 51.0 Å². The van der Waals surface area contributed by atoms with Crippen LogP contribution < -0.4 is 19.5 Å². The number of nitrogens with one attached hydrogen (secondary N) is 2. The van der Waals surface area contributed by atoms with Gasteiger partial charge in [0.25, 0.3) is 0 Å². The Labute approximate surface area is 241 Å². The summed E-state index contributed by atoms with van der Waals surface area (Å²) in [6.45, 7) is 5.18. The quantitative estimate of drug-likeness (QED) is 0.283. The Morgan fingerprint density at radius 2 is 1.93 bits per heavy atom. The van der Waals surface area contributed by atoms with E-state index in [2.05, 4.69) is 22.1 Å². The van der Waals surface area contributed by atoms with Crippen molar-refractivity contribution in [3.05, 3.63) is 54.1 Å². The second kappa shape index (κ2) is 13.1. The number of aromatic amines is 1. The number of hydrogen-bond acceptors (Lipinski definition) is 7. The molecule has 1 aliphatic carbocycles. The Morgan fingerprint density at radius 1 is 1.15 bits per heavy atom. The third-order valence-corrected chi connectivity index (χ3v) is 8.69. The lowest BCUT2D eigenvalue weighted by atomic mass is 9.80. The van der Waals surface area contributed by atoms with Crippen molar-refractivity contribution in [2.45, 2.75) is 69.6 Å². The Morgan fingerprint density at radius 3 is 2.66 bits per heavy atom. The third kappa shape index (κ3) is 7.72. The molecule has 4 N–H and O–H groups in total. The third-order valence-electron chi connectivity index (χ3n) is 8.69. The summed E-state index contributed by atoms with van der Waals surface area (Å²) in [7, 11) is 1.65. The molecule has 0 spiro atoms. The Hall–Kier alpha value is -3.27. The molecular weight excluding hydrogens is 522 g/mol. The number of carbonyl (C=O) groups is 1. The average Bonchev–Trinajstić information content (AvgIpc) is 3.38. The Kier molecular flexibility index (Phi) is 9.37. The molecule has 1 saturated carbocycles. The minimum Gasteiger partial charge on any atom is -0.497 e. The van der Waals surface area contributed by atoms with Crippen LogP contribution in [0.2, 0.25) is 0 Å². The summed E-state index contributed by atoms with van der Waals surface area (Å²) < 4.78 is 16.9. The van der Waals surface area contributed by atoms with Gasteiger partial charge in [-0.1, -0.05) is 25.1 Å². The lowest BCUT2D eigenvalue weighted by Gasteiger charge is -2.39. The van der Waals surface area contributed by atoms with Crippen molar-refractivity contribution in [1.82, 2.24) is 15.2 Å². The van der Waals surface area contributed by atoms with Crippen LogP contribution in [0, 0.1) is 5.92 Å². The Bertz CT molecular complexity index is 1280. The fourth-order valence-corrected chi connectivity index (χ4v) is 5.99. The van der Waals surface area contributed by atoms with Gasteiger partial charge in [-0.25, -0.2) is 4.79 Å². The first-order valence-electron chi connectivity index (χ1n) is 14.8. The maximum absolute atomic E-state index is 12.7. The van der Waals surface area contributed by atoms with Gasteiger partial charge in [0.1, 0.15) is 11.5 Å². The van der Waals surface area contributed by atoms with E-state index in [1.54, 1.807) is 13.2 Å². The highest BCUT2D eigenvalue weighted by Crippen LogP contribution is 2.33. The molecule has 0 bridgehead atoms. The molecule has 1 saturated heterocycles. The largest absolute Gasteiger partial charge is 0.497 e. The van der Waals surface area contributed by atoms with Gasteiger partial charge in [0.15, 0.2) is 0 Å². The normalized spacial score (nSPS) is 25.1. The number of nitrogens with zero attached hydrogens (tertiary/aromatic N) is 1. The van der Waals surface area contributed by atoms with E-state index in [-0.39, 0.29) is 18.1 Å². The van der Waals surface area contributed by atoms with Gasteiger partial charge in [-0.15, -0.1) is 0 Å². The number of hydrogen-bond donors (Lipinski definition) is 4. The molecule has 1 amide bonds. The van der Waals surface area contributed by atoms with Gasteiger partial charge in [0.05, 0.1) is 30.9 Å². The zero-order chi connectivity index (χ0) is 28.8. The van der Waals surface area contributed by atoms with Crippen LogP contribution in [-0.2, 0) is 6.42 Å². The number of benzene rings is 2. The zero-order valence-corrected chi connectivity index (χ0v) is 24.1. The van der Waals surface area contributed by atoms with Crippen LogP contribution in [-0.4, -0.2) is 77.3 Å². The van der Waals surface area contributed by atoms with E-state index < -0.39 is 11.7 Å². The number of ether oxygens (including phenoxy) is 3. The van der Waals surface area contributed by atoms with Crippen LogP contribution in [0.3, 0.4) is 0 Å². The number of amides is 1. The van der Waals surface area contributed by atoms with E-state index in [4.69, 9.17) is 14.2 Å². The molecule has 2 fully saturated rings. The highest BCUT2D eigenvalue weighted by Gasteiger charge is 2.35. The summed E-state index contributed by atoms with van der Waals surface area (Å²) in [5.74, 6) is 2.18. The first kappa shape index (κ1) is 29.2. The number of aliphatic hydroxyl groups is 2. The summed E-state index contributed by atoms with van der Waals surface area (Å²) in [6, 6.07) is 15.4. The standard InChI is InChI=1S/C32H43N3O6/c1-22-21-35(17-12-28(22)36)18-16-32(38)14-10-24(11-15-32)33-31(37)41-30-20-26-27(34-30)4-3-5-29(26)40-19-13-23-6-8-25(39-2)9-7-23/h3-9,20,22,24,28,34,36,38H,10-19,21H2,1-2H3,(H,33,37)/t22-,24?,28-,32?/m0/s1. The number of aliphatic hydroxyl groups excluding tert-OH is 1. The van der Waals surface area contributed by atoms with Gasteiger partial charge < -0.3 is 39.6 Å². The van der Waals surface area contributed by atoms with Crippen LogP contribution in [0.4, 0.5) is 4.79 Å². The van der Waals surface area contributed by atoms with E-state index in [1.165, 1.54) is 0 Å². The highest BCUT2D eigenvalue weighted by molar-refractivity contribution is 5.88. The van der Waals surface area contributed by atoms with E-state index >= 15 is 0 Å². The smallest absolute Gasteiger partial charge is 0.414 e. The van der Waals surface area contributed by atoms with Crippen molar-refractivity contribution in [1.29, 1.82) is 0 Å². The molecule has 2 heterocycles. The molecule has 41 heavy (non-hydrogen) atoms. The second-order valence-electron chi connectivity index (χ2n) is 11.7. The predicted molar refractivity (Wildman–Crippen MR) is 158 cm³/mol. The average molecular weight is 566 g/mol. The number of fused-ring (bicyclic) bond motifs is 1. The number of rotatable bonds is 10. The maximum atomic E-state index is 12.7. The minimum absolute atomic E-state index is 0.0332. The SMILES string of the molecule is COc1ccc(CCOc2cccc3[nH]c(OC(=O)NC4CCC(O)(CCN5CC[C@H](O)[C@@H](C)C5)CC4)cc23)cc1. The summed E-state index contributed by atoms with van der Waals surface area (Å²) in [6.07, 6.45) is 4.26. The molecule has 3 aromatic rings. The van der Waals surface area contributed by atoms with Crippen LogP contribution in [0.15, 0.2) is 48.5 Å². The van der Waals surface area contributed by atoms with Gasteiger partial charge in [-0.05, 0) is 74.3 Å². The number of carbonyl (C=O) groups excluding carboxylic acids is 1. The van der Waals surface area contributed by atoms with Gasteiger partial charge in [-0.3, -0.25) is 0 Å². The second-order valence-corrected chi connectivity index (χ2v) is 11.7. The van der Waals surface area contributed by atoms with Crippen LogP contribution in [0.5, 0.6) is 17.4 Å². The maximum Gasteiger partial charge on any atom is 0.414 e. The van der Waals surface area contributed by atoms with Crippen molar-refractivity contribution in [3.63, 3.8) is 0 Å². The lowest BCUT2D eigenvalue weighted by molar-refractivity contribution is -0.0271. The summed E-state index contributed by atoms with van der Waals surface area (Å²) in [5, 5.41) is 24.9. The van der Waals surface area contributed by atoms with Crippen molar-refractivity contribution in [2.24, 2.45) is 5.92 Å². The van der Waals surface area contributed by atoms with Crippen molar-refractivity contribution in [3.8, 4) is 17.4 Å². The van der Waals surface area contributed by atoms with Crippen LogP contribution >= 0.6 is 0 Å². The van der Waals surface area contributed by atoms with Gasteiger partial charge in [0, 0.05) is 43.5 Å². The van der Waals surface area contributed by atoms with Crippen LogP contribution in [0.25, 0.3) is 10.9 Å². The molecule has 5 rings (SSSR count). The number of aromatic nitrogens is 1. The first-order chi connectivity index (χ1) is 19.8. The Balaban J connectivity index is 1.07. The molecule has 0 radical (unpaired) electrons. The molecule has 222 valence electrons. The van der Waals surface area contributed by atoms with Gasteiger partial charge >= 0.3 is 6.09 Å². The van der Waals surface area contributed by atoms with Gasteiger partial charge in [0.2, 0.25) is 5.88 Å². The molecule has 9 heteroatoms. The number of likely N-dealkylation sites (tertiary alicyclic amines) is 1. The van der Waals surface area contributed by atoms with Crippen molar-refractivity contribution >= 4 is 17.0 Å². The molecule has 9 nitrogen and oxygen atoms in total.